The molecule has 1 aromatic heterocycles. The van der Waals surface area contributed by atoms with Crippen molar-refractivity contribution in [1.82, 2.24) is 0 Å². The summed E-state index contributed by atoms with van der Waals surface area (Å²) in [6, 6.07) is 4.06. The van der Waals surface area contributed by atoms with Crippen molar-refractivity contribution in [2.24, 2.45) is 5.92 Å². The molecule has 14 heavy (non-hydrogen) atoms. The molecule has 0 radical (unpaired) electrons. The number of hydrogen-bond acceptors (Lipinski definition) is 2. The molecule has 76 valence electrons. The van der Waals surface area contributed by atoms with Crippen molar-refractivity contribution in [3.05, 3.63) is 20.8 Å². The minimum absolute atomic E-state index is 0.357. The minimum atomic E-state index is 0.357. The Morgan fingerprint density at radius 2 is 2.14 bits per heavy atom. The molecule has 0 saturated heterocycles. The number of ketones is 1. The third-order valence-corrected chi connectivity index (χ3v) is 4.41. The number of rotatable bonds is 3. The largest absolute Gasteiger partial charge is 0.299 e. The van der Waals surface area contributed by atoms with E-state index in [0.717, 1.165) is 16.6 Å². The van der Waals surface area contributed by atoms with Crippen molar-refractivity contribution in [2.45, 2.75) is 32.1 Å². The van der Waals surface area contributed by atoms with Crippen molar-refractivity contribution in [1.29, 1.82) is 0 Å². The molecule has 1 aliphatic rings. The van der Waals surface area contributed by atoms with E-state index in [1.807, 2.05) is 12.1 Å². The first-order chi connectivity index (χ1) is 6.75. The van der Waals surface area contributed by atoms with Crippen molar-refractivity contribution < 1.29 is 4.79 Å². The summed E-state index contributed by atoms with van der Waals surface area (Å²) >= 11 is 5.08. The van der Waals surface area contributed by atoms with Crippen LogP contribution in [0.15, 0.2) is 15.9 Å². The highest BCUT2D eigenvalue weighted by Crippen LogP contribution is 2.28. The number of halogens is 1. The van der Waals surface area contributed by atoms with E-state index in [1.165, 1.54) is 17.7 Å². The van der Waals surface area contributed by atoms with Gasteiger partial charge in [0.05, 0.1) is 3.79 Å². The average molecular weight is 273 g/mol. The molecule has 0 aliphatic heterocycles. The van der Waals surface area contributed by atoms with E-state index in [0.29, 0.717) is 18.1 Å². The van der Waals surface area contributed by atoms with Gasteiger partial charge in [-0.2, -0.15) is 0 Å². The molecule has 0 unspecified atom stereocenters. The van der Waals surface area contributed by atoms with Crippen LogP contribution >= 0.6 is 27.3 Å². The highest BCUT2D eigenvalue weighted by molar-refractivity contribution is 9.11. The summed E-state index contributed by atoms with van der Waals surface area (Å²) < 4.78 is 1.12. The molecule has 2 rings (SSSR count). The Kier molecular flexibility index (Phi) is 3.39. The van der Waals surface area contributed by atoms with Gasteiger partial charge in [-0.25, -0.2) is 0 Å². The molecular formula is C11H13BrOS. The van der Waals surface area contributed by atoms with Gasteiger partial charge in [-0.05, 0) is 40.9 Å². The highest BCUT2D eigenvalue weighted by Gasteiger charge is 2.22. The third kappa shape index (κ3) is 2.45. The second kappa shape index (κ2) is 4.58. The zero-order valence-corrected chi connectivity index (χ0v) is 10.4. The van der Waals surface area contributed by atoms with Gasteiger partial charge < -0.3 is 0 Å². The van der Waals surface area contributed by atoms with Gasteiger partial charge in [0.1, 0.15) is 5.78 Å². The minimum Gasteiger partial charge on any atom is -0.299 e. The smallest absolute Gasteiger partial charge is 0.141 e. The van der Waals surface area contributed by atoms with Crippen LogP contribution in [0.4, 0.5) is 0 Å². The SMILES string of the molecule is O=C(Cc1ccc(Br)s1)C1CCCC1. The maximum atomic E-state index is 11.8. The van der Waals surface area contributed by atoms with Crippen LogP contribution in [0.1, 0.15) is 30.6 Å². The van der Waals surface area contributed by atoms with Gasteiger partial charge >= 0.3 is 0 Å². The molecule has 0 atom stereocenters. The molecule has 1 saturated carbocycles. The topological polar surface area (TPSA) is 17.1 Å². The Labute approximate surface area is 96.6 Å². The lowest BCUT2D eigenvalue weighted by Gasteiger charge is -2.05. The molecule has 0 N–H and O–H groups in total. The van der Waals surface area contributed by atoms with Crippen LogP contribution in [0.5, 0.6) is 0 Å². The van der Waals surface area contributed by atoms with Crippen molar-refractivity contribution in [3.8, 4) is 0 Å². The summed E-state index contributed by atoms with van der Waals surface area (Å²) in [5.41, 5.74) is 0. The van der Waals surface area contributed by atoms with E-state index in [2.05, 4.69) is 15.9 Å². The molecule has 0 aromatic carbocycles. The predicted molar refractivity (Wildman–Crippen MR) is 62.7 cm³/mol. The van der Waals surface area contributed by atoms with Crippen molar-refractivity contribution >= 4 is 33.0 Å². The van der Waals surface area contributed by atoms with E-state index >= 15 is 0 Å². The molecular weight excluding hydrogens is 260 g/mol. The fourth-order valence-corrected chi connectivity index (χ4v) is 3.50. The van der Waals surface area contributed by atoms with Gasteiger partial charge in [-0.15, -0.1) is 11.3 Å². The molecule has 0 spiro atoms. The van der Waals surface area contributed by atoms with Gasteiger partial charge in [0.2, 0.25) is 0 Å². The number of carbonyl (C=O) groups is 1. The first-order valence-electron chi connectivity index (χ1n) is 5.02. The Hall–Kier alpha value is -0.150. The Morgan fingerprint density at radius 3 is 2.71 bits per heavy atom. The third-order valence-electron chi connectivity index (χ3n) is 2.79. The summed E-state index contributed by atoms with van der Waals surface area (Å²) in [4.78, 5) is 13.0. The second-order valence-electron chi connectivity index (χ2n) is 3.83. The van der Waals surface area contributed by atoms with Gasteiger partial charge in [0.15, 0.2) is 0 Å². The standard InChI is InChI=1S/C11H13BrOS/c12-11-6-5-9(14-11)7-10(13)8-3-1-2-4-8/h5-6,8H,1-4,7H2. The van der Waals surface area contributed by atoms with Gasteiger partial charge in [-0.3, -0.25) is 4.79 Å². The van der Waals surface area contributed by atoms with Crippen molar-refractivity contribution in [3.63, 3.8) is 0 Å². The number of hydrogen-bond donors (Lipinski definition) is 0. The van der Waals surface area contributed by atoms with Gasteiger partial charge in [-0.1, -0.05) is 12.8 Å². The molecule has 0 amide bonds. The summed E-state index contributed by atoms with van der Waals surface area (Å²) in [7, 11) is 0. The van der Waals surface area contributed by atoms with Crippen LogP contribution in [0.3, 0.4) is 0 Å². The lowest BCUT2D eigenvalue weighted by Crippen LogP contribution is -2.12. The Morgan fingerprint density at radius 1 is 1.43 bits per heavy atom. The zero-order chi connectivity index (χ0) is 9.97. The lowest BCUT2D eigenvalue weighted by atomic mass is 10.00. The second-order valence-corrected chi connectivity index (χ2v) is 6.38. The summed E-state index contributed by atoms with van der Waals surface area (Å²) in [6.07, 6.45) is 5.35. The number of thiophene rings is 1. The Bertz CT molecular complexity index is 326. The molecule has 1 aliphatic carbocycles. The summed E-state index contributed by atoms with van der Waals surface area (Å²) in [5, 5.41) is 0. The van der Waals surface area contributed by atoms with E-state index in [9.17, 15) is 4.79 Å². The number of Topliss-reactive ketones (excluding diaryl/α,β-unsaturated/α-hetero) is 1. The molecule has 1 aromatic rings. The normalized spacial score (nSPS) is 17.5. The van der Waals surface area contributed by atoms with E-state index in [4.69, 9.17) is 0 Å². The quantitative estimate of drug-likeness (QED) is 0.818. The van der Waals surface area contributed by atoms with Crippen molar-refractivity contribution in [2.75, 3.05) is 0 Å². The van der Waals surface area contributed by atoms with Gasteiger partial charge in [0, 0.05) is 17.2 Å². The van der Waals surface area contributed by atoms with Crippen LogP contribution < -0.4 is 0 Å². The molecule has 1 fully saturated rings. The maximum Gasteiger partial charge on any atom is 0.141 e. The number of carbonyl (C=O) groups excluding carboxylic acids is 1. The van der Waals surface area contributed by atoms with Gasteiger partial charge in [0.25, 0.3) is 0 Å². The molecule has 1 nitrogen and oxygen atoms in total. The van der Waals surface area contributed by atoms with Crippen LogP contribution in [-0.2, 0) is 11.2 Å². The Balaban J connectivity index is 1.93. The van der Waals surface area contributed by atoms with E-state index in [1.54, 1.807) is 11.3 Å². The maximum absolute atomic E-state index is 11.8. The highest BCUT2D eigenvalue weighted by atomic mass is 79.9. The zero-order valence-electron chi connectivity index (χ0n) is 7.96. The first kappa shape index (κ1) is 10.4. The van der Waals surface area contributed by atoms with Crippen LogP contribution in [0, 0.1) is 5.92 Å². The fraction of sp³-hybridized carbons (Fsp3) is 0.545. The van der Waals surface area contributed by atoms with Crippen LogP contribution in [0.25, 0.3) is 0 Å². The molecule has 1 heterocycles. The summed E-state index contributed by atoms with van der Waals surface area (Å²) in [6.45, 7) is 0. The molecule has 3 heteroatoms. The van der Waals surface area contributed by atoms with Crippen LogP contribution in [-0.4, -0.2) is 5.78 Å². The van der Waals surface area contributed by atoms with E-state index in [-0.39, 0.29) is 0 Å². The average Bonchev–Trinajstić information content (AvgIpc) is 2.75. The fourth-order valence-electron chi connectivity index (χ4n) is 2.01. The lowest BCUT2D eigenvalue weighted by molar-refractivity contribution is -0.121. The van der Waals surface area contributed by atoms with E-state index < -0.39 is 0 Å². The predicted octanol–water partition coefficient (Wildman–Crippen LogP) is 3.81. The summed E-state index contributed by atoms with van der Waals surface area (Å²) in [5.74, 6) is 0.799. The van der Waals surface area contributed by atoms with Crippen LogP contribution in [0.2, 0.25) is 0 Å². The monoisotopic (exact) mass is 272 g/mol. The first-order valence-corrected chi connectivity index (χ1v) is 6.63. The molecule has 0 bridgehead atoms.